The van der Waals surface area contributed by atoms with E-state index < -0.39 is 5.97 Å². The lowest BCUT2D eigenvalue weighted by molar-refractivity contribution is -0.127. The number of benzene rings is 2. The van der Waals surface area contributed by atoms with Crippen LogP contribution >= 0.6 is 0 Å². The number of amides is 2. The van der Waals surface area contributed by atoms with Gasteiger partial charge in [-0.05, 0) is 41.8 Å². The molecule has 7 nitrogen and oxygen atoms in total. The van der Waals surface area contributed by atoms with Crippen LogP contribution in [0.5, 0.6) is 0 Å². The molecule has 1 N–H and O–H groups in total. The summed E-state index contributed by atoms with van der Waals surface area (Å²) >= 11 is 0. The second-order valence-corrected chi connectivity index (χ2v) is 7.61. The number of methoxy groups -OCH3 is 1. The van der Waals surface area contributed by atoms with E-state index in [0.29, 0.717) is 38.3 Å². The number of nitrogens with zero attached hydrogens (tertiary/aromatic N) is 2. The van der Waals surface area contributed by atoms with Gasteiger partial charge in [-0.2, -0.15) is 0 Å². The molecule has 0 saturated carbocycles. The van der Waals surface area contributed by atoms with Gasteiger partial charge in [0.2, 0.25) is 11.8 Å². The van der Waals surface area contributed by atoms with Crippen LogP contribution in [0.25, 0.3) is 6.08 Å². The summed E-state index contributed by atoms with van der Waals surface area (Å²) < 4.78 is 4.68. The van der Waals surface area contributed by atoms with Crippen molar-refractivity contribution in [3.8, 4) is 0 Å². The number of nitrogens with one attached hydrogen (secondary N) is 1. The maximum absolute atomic E-state index is 12.5. The van der Waals surface area contributed by atoms with Crippen molar-refractivity contribution in [1.82, 2.24) is 9.80 Å². The van der Waals surface area contributed by atoms with Gasteiger partial charge in [0.15, 0.2) is 0 Å². The molecule has 2 aromatic rings. The van der Waals surface area contributed by atoms with Crippen LogP contribution in [0.1, 0.15) is 28.4 Å². The van der Waals surface area contributed by atoms with E-state index in [4.69, 9.17) is 0 Å². The average molecular weight is 436 g/mol. The first-order valence-corrected chi connectivity index (χ1v) is 10.8. The molecule has 1 aliphatic rings. The van der Waals surface area contributed by atoms with Crippen molar-refractivity contribution in [1.29, 1.82) is 0 Å². The van der Waals surface area contributed by atoms with E-state index in [1.54, 1.807) is 35.2 Å². The molecule has 7 heteroatoms. The molecule has 0 radical (unpaired) electrons. The zero-order valence-corrected chi connectivity index (χ0v) is 18.5. The molecule has 0 bridgehead atoms. The zero-order chi connectivity index (χ0) is 22.9. The summed E-state index contributed by atoms with van der Waals surface area (Å²) in [6, 6.07) is 14.7. The summed E-state index contributed by atoms with van der Waals surface area (Å²) in [6.07, 6.45) is 4.13. The Morgan fingerprint density at radius 2 is 1.69 bits per heavy atom. The zero-order valence-electron chi connectivity index (χ0n) is 18.5. The maximum Gasteiger partial charge on any atom is 0.337 e. The van der Waals surface area contributed by atoms with Crippen molar-refractivity contribution >= 4 is 29.5 Å². The van der Waals surface area contributed by atoms with Gasteiger partial charge >= 0.3 is 5.97 Å². The Bertz CT molecular complexity index is 977. The van der Waals surface area contributed by atoms with Crippen molar-refractivity contribution in [2.24, 2.45) is 0 Å². The first-order valence-electron chi connectivity index (χ1n) is 10.8. The highest BCUT2D eigenvalue weighted by molar-refractivity contribution is 5.94. The van der Waals surface area contributed by atoms with Gasteiger partial charge in [0.25, 0.3) is 0 Å². The first-order chi connectivity index (χ1) is 15.5. The van der Waals surface area contributed by atoms with E-state index in [1.807, 2.05) is 24.3 Å². The van der Waals surface area contributed by atoms with Crippen LogP contribution in [0.2, 0.25) is 0 Å². The van der Waals surface area contributed by atoms with Gasteiger partial charge in [-0.1, -0.05) is 37.3 Å². The molecule has 1 saturated heterocycles. The van der Waals surface area contributed by atoms with Crippen LogP contribution in [0, 0.1) is 0 Å². The minimum atomic E-state index is -0.391. The quantitative estimate of drug-likeness (QED) is 0.535. The number of para-hydroxylation sites is 1. The van der Waals surface area contributed by atoms with Gasteiger partial charge in [0, 0.05) is 37.9 Å². The maximum atomic E-state index is 12.5. The highest BCUT2D eigenvalue weighted by atomic mass is 16.5. The number of hydrogen-bond donors (Lipinski definition) is 1. The number of carbonyl (C=O) groups is 3. The van der Waals surface area contributed by atoms with E-state index in [2.05, 4.69) is 21.9 Å². The van der Waals surface area contributed by atoms with Crippen molar-refractivity contribution in [2.75, 3.05) is 45.2 Å². The molecule has 0 unspecified atom stereocenters. The molecule has 0 atom stereocenters. The van der Waals surface area contributed by atoms with Crippen molar-refractivity contribution < 1.29 is 19.1 Å². The molecule has 0 aromatic heterocycles. The smallest absolute Gasteiger partial charge is 0.337 e. The molecular weight excluding hydrogens is 406 g/mol. The van der Waals surface area contributed by atoms with Crippen LogP contribution in [-0.4, -0.2) is 67.4 Å². The highest BCUT2D eigenvalue weighted by Crippen LogP contribution is 2.15. The molecule has 1 fully saturated rings. The lowest BCUT2D eigenvalue weighted by Gasteiger charge is -2.33. The number of rotatable bonds is 7. The monoisotopic (exact) mass is 435 g/mol. The van der Waals surface area contributed by atoms with Gasteiger partial charge in [0.1, 0.15) is 0 Å². The van der Waals surface area contributed by atoms with Crippen LogP contribution in [0.15, 0.2) is 54.6 Å². The number of hydrogen-bond acceptors (Lipinski definition) is 5. The summed E-state index contributed by atoms with van der Waals surface area (Å²) in [4.78, 5) is 40.3. The first kappa shape index (κ1) is 23.2. The number of piperazine rings is 1. The predicted octanol–water partition coefficient (Wildman–Crippen LogP) is 2.83. The molecule has 168 valence electrons. The lowest BCUT2D eigenvalue weighted by Crippen LogP contribution is -2.50. The van der Waals surface area contributed by atoms with Crippen LogP contribution in [0.3, 0.4) is 0 Å². The molecule has 2 amide bonds. The van der Waals surface area contributed by atoms with Crippen molar-refractivity contribution in [3.05, 3.63) is 71.3 Å². The Morgan fingerprint density at radius 1 is 1.00 bits per heavy atom. The summed E-state index contributed by atoms with van der Waals surface area (Å²) in [6.45, 7) is 4.81. The standard InChI is InChI=1S/C25H29N3O4/c1-3-20-6-4-5-7-22(20)26-23(29)18-27-14-16-28(17-15-27)24(30)13-10-19-8-11-21(12-9-19)25(31)32-2/h4-13H,3,14-18H2,1-2H3,(H,26,29)/b13-10+. The third-order valence-corrected chi connectivity index (χ3v) is 5.47. The summed E-state index contributed by atoms with van der Waals surface area (Å²) in [5, 5.41) is 2.99. The molecule has 1 aliphatic heterocycles. The van der Waals surface area contributed by atoms with E-state index >= 15 is 0 Å². The Kier molecular flexibility index (Phi) is 8.16. The molecule has 3 rings (SSSR count). The summed E-state index contributed by atoms with van der Waals surface area (Å²) in [7, 11) is 1.34. The average Bonchev–Trinajstić information content (AvgIpc) is 2.83. The topological polar surface area (TPSA) is 79.0 Å². The largest absolute Gasteiger partial charge is 0.465 e. The van der Waals surface area contributed by atoms with Crippen LogP contribution in [0.4, 0.5) is 5.69 Å². The lowest BCUT2D eigenvalue weighted by atomic mass is 10.1. The number of esters is 1. The Balaban J connectivity index is 1.45. The van der Waals surface area contributed by atoms with E-state index in [-0.39, 0.29) is 11.8 Å². The number of aryl methyl sites for hydroxylation is 1. The van der Waals surface area contributed by atoms with Gasteiger partial charge in [0.05, 0.1) is 19.2 Å². The van der Waals surface area contributed by atoms with E-state index in [0.717, 1.165) is 23.2 Å². The number of ether oxygens (including phenoxy) is 1. The second-order valence-electron chi connectivity index (χ2n) is 7.61. The summed E-state index contributed by atoms with van der Waals surface area (Å²) in [5.41, 5.74) is 3.27. The Hall–Kier alpha value is -3.45. The van der Waals surface area contributed by atoms with Crippen molar-refractivity contribution in [2.45, 2.75) is 13.3 Å². The Labute approximate surface area is 188 Å². The fourth-order valence-electron chi connectivity index (χ4n) is 3.59. The molecule has 0 spiro atoms. The number of carbonyl (C=O) groups excluding carboxylic acids is 3. The molecular formula is C25H29N3O4. The SMILES string of the molecule is CCc1ccccc1NC(=O)CN1CCN(C(=O)/C=C/c2ccc(C(=O)OC)cc2)CC1. The summed E-state index contributed by atoms with van der Waals surface area (Å²) in [5.74, 6) is -0.498. The van der Waals surface area contributed by atoms with Crippen LogP contribution in [-0.2, 0) is 20.7 Å². The van der Waals surface area contributed by atoms with E-state index in [9.17, 15) is 14.4 Å². The van der Waals surface area contributed by atoms with Gasteiger partial charge < -0.3 is 15.0 Å². The third kappa shape index (κ3) is 6.28. The molecule has 32 heavy (non-hydrogen) atoms. The second kappa shape index (κ2) is 11.2. The molecule has 0 aliphatic carbocycles. The number of anilines is 1. The fraction of sp³-hybridized carbons (Fsp3) is 0.320. The predicted molar refractivity (Wildman–Crippen MR) is 124 cm³/mol. The van der Waals surface area contributed by atoms with Crippen molar-refractivity contribution in [3.63, 3.8) is 0 Å². The minimum absolute atomic E-state index is 0.0408. The molecule has 1 heterocycles. The van der Waals surface area contributed by atoms with Gasteiger partial charge in [-0.25, -0.2) is 4.79 Å². The molecule has 2 aromatic carbocycles. The third-order valence-electron chi connectivity index (χ3n) is 5.47. The van der Waals surface area contributed by atoms with Crippen LogP contribution < -0.4 is 5.32 Å². The van der Waals surface area contributed by atoms with Gasteiger partial charge in [-0.15, -0.1) is 0 Å². The van der Waals surface area contributed by atoms with Gasteiger partial charge in [-0.3, -0.25) is 14.5 Å². The minimum Gasteiger partial charge on any atom is -0.465 e. The fourth-order valence-corrected chi connectivity index (χ4v) is 3.59. The van der Waals surface area contributed by atoms with E-state index in [1.165, 1.54) is 13.2 Å². The normalized spacial score (nSPS) is 14.4. The Morgan fingerprint density at radius 3 is 2.34 bits per heavy atom. The highest BCUT2D eigenvalue weighted by Gasteiger charge is 2.21.